The van der Waals surface area contributed by atoms with Crippen molar-refractivity contribution < 1.29 is 26.4 Å². The maximum absolute atomic E-state index is 13.0. The first kappa shape index (κ1) is 15.8. The zero-order valence-electron chi connectivity index (χ0n) is 11.4. The van der Waals surface area contributed by atoms with E-state index in [9.17, 15) is 26.4 Å². The zero-order valence-corrected chi connectivity index (χ0v) is 12.2. The maximum Gasteiger partial charge on any atom is 0.410 e. The summed E-state index contributed by atoms with van der Waals surface area (Å²) in [4.78, 5) is 11.5. The molecule has 2 rings (SSSR count). The standard InChI is InChI=1S/C13H14F3NO3S/c1-3-10-11(13(14,15)16)17(12(10)18)21(19,20)9-6-4-8(2)5-7-9/h4-7,10-11H,3H2,1-2H3. The molecule has 116 valence electrons. The number of hydrogen-bond acceptors (Lipinski definition) is 3. The fourth-order valence-corrected chi connectivity index (χ4v) is 4.01. The third kappa shape index (κ3) is 2.52. The molecule has 0 saturated carbocycles. The number of carbonyl (C=O) groups excluding carboxylic acids is 1. The predicted octanol–water partition coefficient (Wildman–Crippen LogP) is 2.48. The van der Waals surface area contributed by atoms with Gasteiger partial charge in [0.15, 0.2) is 6.04 Å². The van der Waals surface area contributed by atoms with E-state index in [4.69, 9.17) is 0 Å². The number of β-lactam (4-membered cyclic amide) rings is 1. The van der Waals surface area contributed by atoms with Crippen LogP contribution in [0.2, 0.25) is 0 Å². The Morgan fingerprint density at radius 3 is 2.14 bits per heavy atom. The number of benzene rings is 1. The van der Waals surface area contributed by atoms with E-state index < -0.39 is 34.1 Å². The van der Waals surface area contributed by atoms with Crippen molar-refractivity contribution in [2.75, 3.05) is 0 Å². The average Bonchev–Trinajstić information content (AvgIpc) is 2.35. The van der Waals surface area contributed by atoms with Gasteiger partial charge >= 0.3 is 6.18 Å². The van der Waals surface area contributed by atoms with Crippen LogP contribution >= 0.6 is 0 Å². The average molecular weight is 321 g/mol. The van der Waals surface area contributed by atoms with E-state index in [-0.39, 0.29) is 15.6 Å². The molecule has 2 unspecified atom stereocenters. The summed E-state index contributed by atoms with van der Waals surface area (Å²) in [6.45, 7) is 3.15. The highest BCUT2D eigenvalue weighted by Gasteiger charge is 2.64. The molecule has 8 heteroatoms. The maximum atomic E-state index is 13.0. The van der Waals surface area contributed by atoms with Gasteiger partial charge in [0.2, 0.25) is 5.91 Å². The monoisotopic (exact) mass is 321 g/mol. The summed E-state index contributed by atoms with van der Waals surface area (Å²) in [5.74, 6) is -2.33. The first-order valence-electron chi connectivity index (χ1n) is 6.32. The molecule has 0 radical (unpaired) electrons. The number of nitrogens with zero attached hydrogens (tertiary/aromatic N) is 1. The van der Waals surface area contributed by atoms with Crippen LogP contribution in [0, 0.1) is 12.8 Å². The minimum Gasteiger partial charge on any atom is -0.273 e. The lowest BCUT2D eigenvalue weighted by molar-refractivity contribution is -0.215. The van der Waals surface area contributed by atoms with Crippen molar-refractivity contribution in [1.82, 2.24) is 4.31 Å². The summed E-state index contributed by atoms with van der Waals surface area (Å²) in [5.41, 5.74) is 0.766. The highest BCUT2D eigenvalue weighted by Crippen LogP contribution is 2.43. The third-order valence-electron chi connectivity index (χ3n) is 3.52. The van der Waals surface area contributed by atoms with E-state index in [1.54, 1.807) is 6.92 Å². The number of aryl methyl sites for hydroxylation is 1. The molecule has 1 aromatic rings. The van der Waals surface area contributed by atoms with Crippen LogP contribution in [0.25, 0.3) is 0 Å². The second-order valence-corrected chi connectivity index (χ2v) is 6.77. The zero-order chi connectivity index (χ0) is 16.0. The lowest BCUT2D eigenvalue weighted by atomic mass is 9.87. The molecule has 0 aromatic heterocycles. The molecule has 0 N–H and O–H groups in total. The Labute approximate surface area is 120 Å². The van der Waals surface area contributed by atoms with Crippen LogP contribution in [-0.4, -0.2) is 30.8 Å². The molecule has 1 heterocycles. The van der Waals surface area contributed by atoms with Crippen LogP contribution in [0.15, 0.2) is 29.2 Å². The van der Waals surface area contributed by atoms with Crippen molar-refractivity contribution in [3.05, 3.63) is 29.8 Å². The van der Waals surface area contributed by atoms with Gasteiger partial charge in [-0.05, 0) is 25.5 Å². The summed E-state index contributed by atoms with van der Waals surface area (Å²) in [6.07, 6.45) is -4.82. The molecule has 1 aliphatic heterocycles. The van der Waals surface area contributed by atoms with Crippen LogP contribution in [0.5, 0.6) is 0 Å². The number of carbonyl (C=O) groups is 1. The molecule has 0 bridgehead atoms. The van der Waals surface area contributed by atoms with E-state index in [1.807, 2.05) is 0 Å². The summed E-state index contributed by atoms with van der Waals surface area (Å²) in [7, 11) is -4.48. The van der Waals surface area contributed by atoms with Crippen LogP contribution in [0.1, 0.15) is 18.9 Å². The van der Waals surface area contributed by atoms with Crippen molar-refractivity contribution >= 4 is 15.9 Å². The van der Waals surface area contributed by atoms with Gasteiger partial charge in [-0.2, -0.15) is 13.2 Å². The summed E-state index contributed by atoms with van der Waals surface area (Å²) < 4.78 is 63.5. The first-order chi connectivity index (χ1) is 9.60. The van der Waals surface area contributed by atoms with Gasteiger partial charge in [0, 0.05) is 0 Å². The van der Waals surface area contributed by atoms with Crippen molar-refractivity contribution in [1.29, 1.82) is 0 Å². The summed E-state index contributed by atoms with van der Waals surface area (Å²) in [6, 6.07) is 3.06. The number of hydrogen-bond donors (Lipinski definition) is 0. The number of sulfonamides is 1. The fourth-order valence-electron chi connectivity index (χ4n) is 2.37. The van der Waals surface area contributed by atoms with E-state index in [0.29, 0.717) is 0 Å². The predicted molar refractivity (Wildman–Crippen MR) is 68.8 cm³/mol. The lowest BCUT2D eigenvalue weighted by Crippen LogP contribution is -2.68. The van der Waals surface area contributed by atoms with Crippen LogP contribution in [-0.2, 0) is 14.8 Å². The second kappa shape index (κ2) is 5.01. The molecule has 0 aliphatic carbocycles. The second-order valence-electron chi connectivity index (χ2n) is 4.95. The fraction of sp³-hybridized carbons (Fsp3) is 0.462. The van der Waals surface area contributed by atoms with E-state index in [1.165, 1.54) is 31.2 Å². The van der Waals surface area contributed by atoms with Gasteiger partial charge in [-0.3, -0.25) is 4.79 Å². The van der Waals surface area contributed by atoms with E-state index >= 15 is 0 Å². The van der Waals surface area contributed by atoms with Crippen molar-refractivity contribution in [2.45, 2.75) is 37.4 Å². The minimum absolute atomic E-state index is 0.0359. The molecule has 1 aromatic carbocycles. The van der Waals surface area contributed by atoms with E-state index in [2.05, 4.69) is 0 Å². The number of halogens is 3. The molecule has 4 nitrogen and oxygen atoms in total. The molecule has 1 aliphatic rings. The number of rotatable bonds is 3. The molecule has 1 saturated heterocycles. The Bertz CT molecular complexity index is 652. The highest BCUT2D eigenvalue weighted by molar-refractivity contribution is 7.89. The van der Waals surface area contributed by atoms with Gasteiger partial charge < -0.3 is 0 Å². The van der Waals surface area contributed by atoms with Gasteiger partial charge in [-0.15, -0.1) is 0 Å². The van der Waals surface area contributed by atoms with Crippen LogP contribution in [0.3, 0.4) is 0 Å². The van der Waals surface area contributed by atoms with Gasteiger partial charge in [0.25, 0.3) is 10.0 Å². The topological polar surface area (TPSA) is 54.5 Å². The van der Waals surface area contributed by atoms with Crippen LogP contribution < -0.4 is 0 Å². The van der Waals surface area contributed by atoms with Crippen molar-refractivity contribution in [3.63, 3.8) is 0 Å². The normalized spacial score (nSPS) is 23.1. The van der Waals surface area contributed by atoms with E-state index in [0.717, 1.165) is 5.56 Å². The molecular weight excluding hydrogens is 307 g/mol. The highest BCUT2D eigenvalue weighted by atomic mass is 32.2. The molecular formula is C13H14F3NO3S. The quantitative estimate of drug-likeness (QED) is 0.804. The first-order valence-corrected chi connectivity index (χ1v) is 7.76. The smallest absolute Gasteiger partial charge is 0.273 e. The van der Waals surface area contributed by atoms with Gasteiger partial charge in [-0.25, -0.2) is 12.7 Å². The van der Waals surface area contributed by atoms with Crippen molar-refractivity contribution in [2.24, 2.45) is 5.92 Å². The SMILES string of the molecule is CCC1C(=O)N(S(=O)(=O)c2ccc(C)cc2)C1C(F)(F)F. The summed E-state index contributed by atoms with van der Waals surface area (Å²) in [5, 5.41) is 0. The Kier molecular flexibility index (Phi) is 3.77. The van der Waals surface area contributed by atoms with Gasteiger partial charge in [-0.1, -0.05) is 24.6 Å². The van der Waals surface area contributed by atoms with Gasteiger partial charge in [0.1, 0.15) is 0 Å². The molecule has 21 heavy (non-hydrogen) atoms. The summed E-state index contributed by atoms with van der Waals surface area (Å²) >= 11 is 0. The molecule has 2 atom stereocenters. The van der Waals surface area contributed by atoms with Gasteiger partial charge in [0.05, 0.1) is 10.8 Å². The Hall–Kier alpha value is -1.57. The lowest BCUT2D eigenvalue weighted by Gasteiger charge is -2.45. The molecule has 1 fully saturated rings. The van der Waals surface area contributed by atoms with Crippen molar-refractivity contribution in [3.8, 4) is 0 Å². The number of amides is 1. The Morgan fingerprint density at radius 1 is 1.19 bits per heavy atom. The minimum atomic E-state index is -4.77. The number of alkyl halides is 3. The Balaban J connectivity index is 2.44. The largest absolute Gasteiger partial charge is 0.410 e. The Morgan fingerprint density at radius 2 is 1.71 bits per heavy atom. The third-order valence-corrected chi connectivity index (χ3v) is 5.31. The molecule has 0 spiro atoms. The van der Waals surface area contributed by atoms with Crippen LogP contribution in [0.4, 0.5) is 13.2 Å². The molecule has 1 amide bonds.